The summed E-state index contributed by atoms with van der Waals surface area (Å²) < 4.78 is 7.57. The number of aromatic nitrogens is 3. The van der Waals surface area contributed by atoms with Crippen molar-refractivity contribution in [2.24, 2.45) is 5.41 Å². The van der Waals surface area contributed by atoms with E-state index in [9.17, 15) is 4.79 Å². The maximum Gasteiger partial charge on any atom is 0.255 e. The second-order valence-electron chi connectivity index (χ2n) is 8.37. The van der Waals surface area contributed by atoms with Crippen LogP contribution in [0.4, 0.5) is 0 Å². The summed E-state index contributed by atoms with van der Waals surface area (Å²) in [5, 5.41) is 0. The largest absolute Gasteiger partial charge is 0.381 e. The van der Waals surface area contributed by atoms with Crippen LogP contribution in [0.1, 0.15) is 41.6 Å². The third-order valence-corrected chi connectivity index (χ3v) is 6.40. The number of hydrogen-bond acceptors (Lipinski definition) is 4. The molecule has 0 N–H and O–H groups in total. The lowest BCUT2D eigenvalue weighted by Gasteiger charge is -2.45. The standard InChI is InChI=1S/C23H26N4O2/c28-22(26-10-4-7-23(16-26)8-11-29-12-9-23)19-13-20-21(24-14-19)27(17-25-20)15-18-5-2-1-3-6-18/h1-3,5-6,13-14,17H,4,7-12,15-16H2. The molecule has 1 spiro atoms. The molecule has 6 nitrogen and oxygen atoms in total. The van der Waals surface area contributed by atoms with Gasteiger partial charge in [-0.15, -0.1) is 0 Å². The zero-order chi connectivity index (χ0) is 19.7. The maximum atomic E-state index is 13.2. The van der Waals surface area contributed by atoms with E-state index in [-0.39, 0.29) is 11.3 Å². The van der Waals surface area contributed by atoms with Gasteiger partial charge in [0.15, 0.2) is 5.65 Å². The molecule has 0 unspecified atom stereocenters. The van der Waals surface area contributed by atoms with Gasteiger partial charge in [-0.05, 0) is 42.7 Å². The average Bonchev–Trinajstić information content (AvgIpc) is 3.16. The Kier molecular flexibility index (Phi) is 4.79. The van der Waals surface area contributed by atoms with Gasteiger partial charge in [0.05, 0.1) is 18.4 Å². The highest BCUT2D eigenvalue weighted by Crippen LogP contribution is 2.39. The molecule has 0 bridgehead atoms. The molecule has 2 aliphatic rings. The molecular weight excluding hydrogens is 364 g/mol. The van der Waals surface area contributed by atoms with Crippen molar-refractivity contribution in [3.63, 3.8) is 0 Å². The van der Waals surface area contributed by atoms with Crippen LogP contribution in [0.25, 0.3) is 11.2 Å². The summed E-state index contributed by atoms with van der Waals surface area (Å²) in [6.07, 6.45) is 7.88. The summed E-state index contributed by atoms with van der Waals surface area (Å²) in [6.45, 7) is 3.99. The second kappa shape index (κ2) is 7.59. The van der Waals surface area contributed by atoms with E-state index in [1.165, 1.54) is 12.0 Å². The molecule has 2 fully saturated rings. The maximum absolute atomic E-state index is 13.2. The van der Waals surface area contributed by atoms with Crippen molar-refractivity contribution in [3.8, 4) is 0 Å². The molecule has 0 radical (unpaired) electrons. The highest BCUT2D eigenvalue weighted by atomic mass is 16.5. The molecule has 0 atom stereocenters. The van der Waals surface area contributed by atoms with Crippen LogP contribution >= 0.6 is 0 Å². The zero-order valence-corrected chi connectivity index (χ0v) is 16.6. The Balaban J connectivity index is 1.35. The Morgan fingerprint density at radius 2 is 1.93 bits per heavy atom. The predicted molar refractivity (Wildman–Crippen MR) is 111 cm³/mol. The number of pyridine rings is 1. The summed E-state index contributed by atoms with van der Waals surface area (Å²) >= 11 is 0. The molecule has 150 valence electrons. The van der Waals surface area contributed by atoms with Gasteiger partial charge in [0.1, 0.15) is 5.52 Å². The Labute approximate surface area is 170 Å². The summed E-state index contributed by atoms with van der Waals surface area (Å²) in [5.74, 6) is 0.0718. The van der Waals surface area contributed by atoms with Crippen molar-refractivity contribution in [2.75, 3.05) is 26.3 Å². The van der Waals surface area contributed by atoms with Crippen LogP contribution in [0.15, 0.2) is 48.9 Å². The summed E-state index contributed by atoms with van der Waals surface area (Å²) in [7, 11) is 0. The molecule has 2 saturated heterocycles. The van der Waals surface area contributed by atoms with E-state index in [0.717, 1.165) is 56.7 Å². The van der Waals surface area contributed by atoms with Gasteiger partial charge in [0, 0.05) is 32.5 Å². The van der Waals surface area contributed by atoms with Crippen LogP contribution in [-0.4, -0.2) is 51.6 Å². The van der Waals surface area contributed by atoms with Crippen molar-refractivity contribution in [3.05, 3.63) is 60.0 Å². The highest BCUT2D eigenvalue weighted by molar-refractivity contribution is 5.96. The lowest BCUT2D eigenvalue weighted by atomic mass is 9.74. The number of imidazole rings is 1. The number of amides is 1. The second-order valence-corrected chi connectivity index (χ2v) is 8.37. The van der Waals surface area contributed by atoms with E-state index < -0.39 is 0 Å². The SMILES string of the molecule is O=C(c1cnc2c(c1)ncn2Cc1ccccc1)N1CCCC2(CCOCC2)C1. The van der Waals surface area contributed by atoms with E-state index in [1.807, 2.05) is 33.7 Å². The number of rotatable bonds is 3. The highest BCUT2D eigenvalue weighted by Gasteiger charge is 2.38. The topological polar surface area (TPSA) is 60.2 Å². The van der Waals surface area contributed by atoms with E-state index in [1.54, 1.807) is 12.5 Å². The van der Waals surface area contributed by atoms with E-state index in [0.29, 0.717) is 12.1 Å². The molecule has 1 amide bonds. The molecular formula is C23H26N4O2. The van der Waals surface area contributed by atoms with Gasteiger partial charge < -0.3 is 14.2 Å². The lowest BCUT2D eigenvalue weighted by molar-refractivity contribution is -0.0229. The van der Waals surface area contributed by atoms with Crippen LogP contribution in [0.5, 0.6) is 0 Å². The average molecular weight is 390 g/mol. The quantitative estimate of drug-likeness (QED) is 0.687. The summed E-state index contributed by atoms with van der Waals surface area (Å²) in [6, 6.07) is 12.1. The van der Waals surface area contributed by atoms with Gasteiger partial charge in [0.25, 0.3) is 5.91 Å². The first-order valence-corrected chi connectivity index (χ1v) is 10.4. The molecule has 5 rings (SSSR count). The van der Waals surface area contributed by atoms with Gasteiger partial charge in [-0.25, -0.2) is 9.97 Å². The first-order chi connectivity index (χ1) is 14.2. The molecule has 3 aromatic rings. The monoisotopic (exact) mass is 390 g/mol. The molecule has 2 aliphatic heterocycles. The van der Waals surface area contributed by atoms with Gasteiger partial charge in [-0.1, -0.05) is 30.3 Å². The molecule has 0 saturated carbocycles. The molecule has 0 aliphatic carbocycles. The molecule has 2 aromatic heterocycles. The third kappa shape index (κ3) is 3.65. The number of ether oxygens (including phenoxy) is 1. The van der Waals surface area contributed by atoms with Crippen molar-refractivity contribution in [2.45, 2.75) is 32.2 Å². The third-order valence-electron chi connectivity index (χ3n) is 6.40. The number of likely N-dealkylation sites (tertiary alicyclic amines) is 1. The van der Waals surface area contributed by atoms with Crippen molar-refractivity contribution >= 4 is 17.1 Å². The van der Waals surface area contributed by atoms with Crippen LogP contribution in [0.3, 0.4) is 0 Å². The normalized spacial score (nSPS) is 19.0. The van der Waals surface area contributed by atoms with E-state index in [2.05, 4.69) is 22.1 Å². The number of carbonyl (C=O) groups is 1. The number of nitrogens with zero attached hydrogens (tertiary/aromatic N) is 4. The van der Waals surface area contributed by atoms with Gasteiger partial charge >= 0.3 is 0 Å². The van der Waals surface area contributed by atoms with Gasteiger partial charge in [0.2, 0.25) is 0 Å². The Morgan fingerprint density at radius 1 is 1.10 bits per heavy atom. The zero-order valence-electron chi connectivity index (χ0n) is 16.6. The molecule has 6 heteroatoms. The Morgan fingerprint density at radius 3 is 2.76 bits per heavy atom. The minimum absolute atomic E-state index is 0.0718. The van der Waals surface area contributed by atoms with Gasteiger partial charge in [-0.3, -0.25) is 4.79 Å². The van der Waals surface area contributed by atoms with Crippen molar-refractivity contribution in [1.29, 1.82) is 0 Å². The van der Waals surface area contributed by atoms with E-state index in [4.69, 9.17) is 4.74 Å². The number of piperidine rings is 1. The molecule has 4 heterocycles. The predicted octanol–water partition coefficient (Wildman–Crippen LogP) is 3.51. The fraction of sp³-hybridized carbons (Fsp3) is 0.435. The first-order valence-electron chi connectivity index (χ1n) is 10.4. The number of hydrogen-bond donors (Lipinski definition) is 0. The fourth-order valence-electron chi connectivity index (χ4n) is 4.74. The van der Waals surface area contributed by atoms with Crippen molar-refractivity contribution < 1.29 is 9.53 Å². The van der Waals surface area contributed by atoms with Crippen LogP contribution in [0, 0.1) is 5.41 Å². The first kappa shape index (κ1) is 18.3. The Bertz CT molecular complexity index is 1000. The van der Waals surface area contributed by atoms with Crippen LogP contribution in [0.2, 0.25) is 0 Å². The number of benzene rings is 1. The lowest BCUT2D eigenvalue weighted by Crippen LogP contribution is -2.48. The molecule has 29 heavy (non-hydrogen) atoms. The van der Waals surface area contributed by atoms with E-state index >= 15 is 0 Å². The molecule has 1 aromatic carbocycles. The fourth-order valence-corrected chi connectivity index (χ4v) is 4.74. The van der Waals surface area contributed by atoms with Crippen molar-refractivity contribution in [1.82, 2.24) is 19.4 Å². The summed E-state index contributed by atoms with van der Waals surface area (Å²) in [4.78, 5) is 24.3. The number of carbonyl (C=O) groups excluding carboxylic acids is 1. The van der Waals surface area contributed by atoms with Crippen LogP contribution < -0.4 is 0 Å². The number of fused-ring (bicyclic) bond motifs is 1. The minimum Gasteiger partial charge on any atom is -0.381 e. The smallest absolute Gasteiger partial charge is 0.255 e. The van der Waals surface area contributed by atoms with Gasteiger partial charge in [-0.2, -0.15) is 0 Å². The van der Waals surface area contributed by atoms with Crippen LogP contribution in [-0.2, 0) is 11.3 Å². The summed E-state index contributed by atoms with van der Waals surface area (Å²) in [5.41, 5.74) is 3.64. The minimum atomic E-state index is 0.0718. The Hall–Kier alpha value is -2.73.